The molecule has 2 N–H and O–H groups in total. The Morgan fingerprint density at radius 3 is 2.12 bits per heavy atom. The van der Waals surface area contributed by atoms with Gasteiger partial charge < -0.3 is 15.4 Å². The molecule has 0 radical (unpaired) electrons. The van der Waals surface area contributed by atoms with E-state index >= 15 is 0 Å². The van der Waals surface area contributed by atoms with Crippen LogP contribution in [-0.2, 0) is 0 Å². The molecule has 0 saturated heterocycles. The Balaban J connectivity index is 1.97. The van der Waals surface area contributed by atoms with Gasteiger partial charge in [0.2, 0.25) is 0 Å². The predicted molar refractivity (Wildman–Crippen MR) is 99.0 cm³/mol. The first kappa shape index (κ1) is 17.9. The maximum absolute atomic E-state index is 12.1. The van der Waals surface area contributed by atoms with Crippen LogP contribution in [0.25, 0.3) is 0 Å². The second-order valence-corrected chi connectivity index (χ2v) is 6.35. The molecule has 0 aliphatic rings. The molecule has 128 valence electrons. The van der Waals surface area contributed by atoms with E-state index in [2.05, 4.69) is 28.8 Å². The van der Waals surface area contributed by atoms with Gasteiger partial charge in [-0.05, 0) is 69.4 Å². The van der Waals surface area contributed by atoms with Crippen molar-refractivity contribution in [1.82, 2.24) is 5.32 Å². The van der Waals surface area contributed by atoms with E-state index in [-0.39, 0.29) is 12.8 Å². The lowest BCUT2D eigenvalue weighted by atomic mass is 10.1. The first-order valence-corrected chi connectivity index (χ1v) is 8.12. The van der Waals surface area contributed by atoms with Crippen molar-refractivity contribution in [2.24, 2.45) is 0 Å². The molecule has 2 rings (SSSR count). The molecule has 0 saturated carbocycles. The fourth-order valence-electron chi connectivity index (χ4n) is 2.86. The molecule has 0 aliphatic carbocycles. The first-order chi connectivity index (χ1) is 11.3. The maximum atomic E-state index is 12.1. The lowest BCUT2D eigenvalue weighted by Crippen LogP contribution is -2.32. The fraction of sp³-hybridized carbons (Fsp3) is 0.350. The van der Waals surface area contributed by atoms with Gasteiger partial charge in [-0.3, -0.25) is 0 Å². The van der Waals surface area contributed by atoms with Gasteiger partial charge in [0.25, 0.3) is 0 Å². The SMILES string of the molecule is Cc1cc(C)c(NC(=O)NCOc2c(C)ccc(C)c2C)c(C)c1. The van der Waals surface area contributed by atoms with Crippen molar-refractivity contribution in [2.75, 3.05) is 12.0 Å². The summed E-state index contributed by atoms with van der Waals surface area (Å²) < 4.78 is 5.76. The molecule has 2 amide bonds. The largest absolute Gasteiger partial charge is 0.473 e. The molecule has 0 aliphatic heterocycles. The molecule has 2 aromatic rings. The van der Waals surface area contributed by atoms with Crippen molar-refractivity contribution in [3.63, 3.8) is 0 Å². The Hall–Kier alpha value is -2.49. The third-order valence-corrected chi connectivity index (χ3v) is 4.24. The van der Waals surface area contributed by atoms with E-state index in [1.54, 1.807) is 0 Å². The third-order valence-electron chi connectivity index (χ3n) is 4.24. The maximum Gasteiger partial charge on any atom is 0.321 e. The number of hydrogen-bond donors (Lipinski definition) is 2. The van der Waals surface area contributed by atoms with Crippen molar-refractivity contribution in [3.8, 4) is 5.75 Å². The molecule has 0 bridgehead atoms. The van der Waals surface area contributed by atoms with Gasteiger partial charge in [0.15, 0.2) is 6.73 Å². The van der Waals surface area contributed by atoms with Crippen LogP contribution >= 0.6 is 0 Å². The molecule has 0 unspecified atom stereocenters. The Bertz CT molecular complexity index is 743. The van der Waals surface area contributed by atoms with Gasteiger partial charge in [-0.1, -0.05) is 29.8 Å². The Morgan fingerprint density at radius 1 is 0.917 bits per heavy atom. The zero-order valence-electron chi connectivity index (χ0n) is 15.3. The zero-order valence-corrected chi connectivity index (χ0v) is 15.3. The Morgan fingerprint density at radius 2 is 1.50 bits per heavy atom. The molecular weight excluding hydrogens is 300 g/mol. The lowest BCUT2D eigenvalue weighted by molar-refractivity contribution is 0.234. The van der Waals surface area contributed by atoms with Crippen LogP contribution in [0.15, 0.2) is 24.3 Å². The van der Waals surface area contributed by atoms with E-state index in [1.165, 1.54) is 11.1 Å². The van der Waals surface area contributed by atoms with Crippen LogP contribution in [0.2, 0.25) is 0 Å². The van der Waals surface area contributed by atoms with Crippen molar-refractivity contribution >= 4 is 11.7 Å². The summed E-state index contributed by atoms with van der Waals surface area (Å²) in [4.78, 5) is 12.1. The Kier molecular flexibility index (Phi) is 5.50. The van der Waals surface area contributed by atoms with Gasteiger partial charge in [-0.25, -0.2) is 4.79 Å². The molecule has 0 heterocycles. The highest BCUT2D eigenvalue weighted by molar-refractivity contribution is 5.91. The van der Waals surface area contributed by atoms with E-state index < -0.39 is 0 Å². The second-order valence-electron chi connectivity index (χ2n) is 6.35. The minimum Gasteiger partial charge on any atom is -0.473 e. The molecule has 0 spiro atoms. The molecule has 4 nitrogen and oxygen atoms in total. The van der Waals surface area contributed by atoms with Crippen molar-refractivity contribution in [3.05, 3.63) is 57.6 Å². The van der Waals surface area contributed by atoms with E-state index in [1.807, 2.05) is 47.6 Å². The topological polar surface area (TPSA) is 50.4 Å². The van der Waals surface area contributed by atoms with Crippen LogP contribution < -0.4 is 15.4 Å². The van der Waals surface area contributed by atoms with Gasteiger partial charge in [-0.2, -0.15) is 0 Å². The standard InChI is InChI=1S/C20H26N2O2/c1-12-9-15(4)18(16(5)10-12)22-20(23)21-11-24-19-14(3)8-7-13(2)17(19)6/h7-10H,11H2,1-6H3,(H2,21,22,23). The highest BCUT2D eigenvalue weighted by Gasteiger charge is 2.09. The average molecular weight is 326 g/mol. The van der Waals surface area contributed by atoms with Gasteiger partial charge >= 0.3 is 6.03 Å². The fourth-order valence-corrected chi connectivity index (χ4v) is 2.86. The number of anilines is 1. The van der Waals surface area contributed by atoms with Crippen LogP contribution in [-0.4, -0.2) is 12.8 Å². The number of hydrogen-bond acceptors (Lipinski definition) is 2. The van der Waals surface area contributed by atoms with Crippen molar-refractivity contribution in [2.45, 2.75) is 41.5 Å². The predicted octanol–water partition coefficient (Wildman–Crippen LogP) is 4.70. The summed E-state index contributed by atoms with van der Waals surface area (Å²) >= 11 is 0. The normalized spacial score (nSPS) is 10.4. The third kappa shape index (κ3) is 4.07. The number of amides is 2. The summed E-state index contributed by atoms with van der Waals surface area (Å²) in [6.45, 7) is 12.2. The summed E-state index contributed by atoms with van der Waals surface area (Å²) in [7, 11) is 0. The van der Waals surface area contributed by atoms with Gasteiger partial charge in [0.05, 0.1) is 0 Å². The van der Waals surface area contributed by atoms with Crippen LogP contribution in [0.3, 0.4) is 0 Å². The molecule has 2 aromatic carbocycles. The number of benzene rings is 2. The number of carbonyl (C=O) groups excluding carboxylic acids is 1. The average Bonchev–Trinajstić information content (AvgIpc) is 2.50. The van der Waals surface area contributed by atoms with E-state index in [0.29, 0.717) is 0 Å². The number of carbonyl (C=O) groups is 1. The van der Waals surface area contributed by atoms with Crippen LogP contribution in [0.5, 0.6) is 5.75 Å². The quantitative estimate of drug-likeness (QED) is 0.800. The minimum atomic E-state index is -0.270. The summed E-state index contributed by atoms with van der Waals surface area (Å²) in [5.41, 5.74) is 7.47. The van der Waals surface area contributed by atoms with Crippen LogP contribution in [0, 0.1) is 41.5 Å². The van der Waals surface area contributed by atoms with E-state index in [0.717, 1.165) is 33.7 Å². The number of ether oxygens (including phenoxy) is 1. The summed E-state index contributed by atoms with van der Waals surface area (Å²) in [5, 5.41) is 5.65. The van der Waals surface area contributed by atoms with Gasteiger partial charge in [0, 0.05) is 5.69 Å². The van der Waals surface area contributed by atoms with E-state index in [4.69, 9.17) is 4.74 Å². The highest BCUT2D eigenvalue weighted by Crippen LogP contribution is 2.25. The monoisotopic (exact) mass is 326 g/mol. The van der Waals surface area contributed by atoms with E-state index in [9.17, 15) is 4.79 Å². The number of aryl methyl sites for hydroxylation is 5. The van der Waals surface area contributed by atoms with Crippen molar-refractivity contribution in [1.29, 1.82) is 0 Å². The molecule has 0 aromatic heterocycles. The van der Waals surface area contributed by atoms with Crippen molar-refractivity contribution < 1.29 is 9.53 Å². The van der Waals surface area contributed by atoms with Gasteiger partial charge in [0.1, 0.15) is 5.75 Å². The van der Waals surface area contributed by atoms with Crippen LogP contribution in [0.4, 0.5) is 10.5 Å². The number of urea groups is 1. The summed E-state index contributed by atoms with van der Waals surface area (Å²) in [6.07, 6.45) is 0. The first-order valence-electron chi connectivity index (χ1n) is 8.12. The smallest absolute Gasteiger partial charge is 0.321 e. The van der Waals surface area contributed by atoms with Gasteiger partial charge in [-0.15, -0.1) is 0 Å². The molecule has 4 heteroatoms. The highest BCUT2D eigenvalue weighted by atomic mass is 16.5. The number of nitrogens with one attached hydrogen (secondary N) is 2. The molecule has 0 atom stereocenters. The number of rotatable bonds is 4. The lowest BCUT2D eigenvalue weighted by Gasteiger charge is -2.16. The molecular formula is C20H26N2O2. The Labute approximate surface area is 144 Å². The zero-order chi connectivity index (χ0) is 17.9. The molecule has 0 fully saturated rings. The second kappa shape index (κ2) is 7.39. The van der Waals surface area contributed by atoms with Crippen LogP contribution in [0.1, 0.15) is 33.4 Å². The molecule has 24 heavy (non-hydrogen) atoms. The minimum absolute atomic E-state index is 0.126. The summed E-state index contributed by atoms with van der Waals surface area (Å²) in [6, 6.07) is 7.93. The summed E-state index contributed by atoms with van der Waals surface area (Å²) in [5.74, 6) is 0.831.